The molecule has 0 spiro atoms. The molecule has 0 bridgehead atoms. The van der Waals surface area contributed by atoms with E-state index in [0.717, 1.165) is 15.6 Å². The predicted octanol–water partition coefficient (Wildman–Crippen LogP) is 3.71. The Hall–Kier alpha value is -2.55. The first-order chi connectivity index (χ1) is 14.8. The van der Waals surface area contributed by atoms with Crippen LogP contribution in [0.1, 0.15) is 27.4 Å². The molecule has 31 heavy (non-hydrogen) atoms. The maximum absolute atomic E-state index is 13.1. The van der Waals surface area contributed by atoms with E-state index >= 15 is 0 Å². The van der Waals surface area contributed by atoms with E-state index < -0.39 is 10.0 Å². The van der Waals surface area contributed by atoms with Gasteiger partial charge in [-0.15, -0.1) is 11.3 Å². The fraction of sp³-hybridized carbons (Fsp3) is 0.304. The molecular weight excluding hydrogens is 432 g/mol. The summed E-state index contributed by atoms with van der Waals surface area (Å²) in [4.78, 5) is 28.4. The summed E-state index contributed by atoms with van der Waals surface area (Å²) >= 11 is 1.44. The number of nitrogens with zero attached hydrogens (tertiary/aromatic N) is 2. The summed E-state index contributed by atoms with van der Waals surface area (Å²) in [5, 5.41) is 1.87. The lowest BCUT2D eigenvalue weighted by atomic mass is 10.1. The van der Waals surface area contributed by atoms with Crippen molar-refractivity contribution in [3.8, 4) is 0 Å². The molecular formula is C23H24N2O4S2. The number of hydrogen-bond acceptors (Lipinski definition) is 5. The molecule has 1 aliphatic heterocycles. The fourth-order valence-corrected chi connectivity index (χ4v) is 6.03. The molecule has 3 aromatic rings. The van der Waals surface area contributed by atoms with Crippen LogP contribution in [-0.2, 0) is 14.8 Å². The molecule has 0 atom stereocenters. The minimum Gasteiger partial charge on any atom is -0.340 e. The van der Waals surface area contributed by atoms with E-state index in [9.17, 15) is 18.0 Å². The van der Waals surface area contributed by atoms with Crippen LogP contribution >= 0.6 is 11.3 Å². The number of amides is 1. The van der Waals surface area contributed by atoms with Gasteiger partial charge in [-0.25, -0.2) is 8.42 Å². The van der Waals surface area contributed by atoms with Crippen molar-refractivity contribution in [2.24, 2.45) is 0 Å². The van der Waals surface area contributed by atoms with Gasteiger partial charge in [0.25, 0.3) is 0 Å². The van der Waals surface area contributed by atoms with Gasteiger partial charge in [-0.3, -0.25) is 9.59 Å². The molecule has 0 radical (unpaired) electrons. The summed E-state index contributed by atoms with van der Waals surface area (Å²) in [5.41, 5.74) is 0. The minimum absolute atomic E-state index is 0.0241. The summed E-state index contributed by atoms with van der Waals surface area (Å²) in [7, 11) is -3.62. The van der Waals surface area contributed by atoms with E-state index in [-0.39, 0.29) is 42.5 Å². The van der Waals surface area contributed by atoms with Crippen molar-refractivity contribution in [1.82, 2.24) is 9.21 Å². The highest BCUT2D eigenvalue weighted by Crippen LogP contribution is 2.23. The van der Waals surface area contributed by atoms with Gasteiger partial charge < -0.3 is 4.90 Å². The van der Waals surface area contributed by atoms with Crippen LogP contribution in [-0.4, -0.2) is 55.5 Å². The van der Waals surface area contributed by atoms with E-state index in [1.54, 1.807) is 23.1 Å². The summed E-state index contributed by atoms with van der Waals surface area (Å²) in [6.07, 6.45) is 0.321. The van der Waals surface area contributed by atoms with Crippen LogP contribution in [0.5, 0.6) is 0 Å². The molecule has 0 saturated carbocycles. The smallest absolute Gasteiger partial charge is 0.243 e. The highest BCUT2D eigenvalue weighted by molar-refractivity contribution is 7.89. The van der Waals surface area contributed by atoms with Crippen LogP contribution in [0.2, 0.25) is 0 Å². The van der Waals surface area contributed by atoms with Crippen molar-refractivity contribution in [3.05, 3.63) is 64.4 Å². The molecule has 1 saturated heterocycles. The third-order valence-corrected chi connectivity index (χ3v) is 8.47. The molecule has 2 heterocycles. The number of carbonyl (C=O) groups excluding carboxylic acids is 2. The lowest BCUT2D eigenvalue weighted by Crippen LogP contribution is -2.50. The Balaban J connectivity index is 1.34. The average molecular weight is 457 g/mol. The van der Waals surface area contributed by atoms with Crippen molar-refractivity contribution in [1.29, 1.82) is 0 Å². The van der Waals surface area contributed by atoms with Crippen molar-refractivity contribution in [2.75, 3.05) is 26.2 Å². The first-order valence-electron chi connectivity index (χ1n) is 10.2. The molecule has 1 aromatic heterocycles. The van der Waals surface area contributed by atoms with Crippen molar-refractivity contribution < 1.29 is 18.0 Å². The zero-order chi connectivity index (χ0) is 22.0. The Morgan fingerprint density at radius 3 is 2.29 bits per heavy atom. The SMILES string of the molecule is Cc1ccc(C(=O)CCC(=O)N2CCN(S(=O)(=O)c3ccc4ccccc4c3)CC2)s1. The summed E-state index contributed by atoms with van der Waals surface area (Å²) in [5.74, 6) is -0.131. The quantitative estimate of drug-likeness (QED) is 0.530. The zero-order valence-electron chi connectivity index (χ0n) is 17.3. The normalized spacial score (nSPS) is 15.3. The number of ketones is 1. The van der Waals surface area contributed by atoms with Crippen LogP contribution < -0.4 is 0 Å². The molecule has 8 heteroatoms. The average Bonchev–Trinajstić information content (AvgIpc) is 3.23. The molecule has 162 valence electrons. The van der Waals surface area contributed by atoms with Crippen molar-refractivity contribution >= 4 is 43.8 Å². The topological polar surface area (TPSA) is 74.8 Å². The van der Waals surface area contributed by atoms with Crippen molar-refractivity contribution in [3.63, 3.8) is 0 Å². The van der Waals surface area contributed by atoms with Crippen LogP contribution in [0.3, 0.4) is 0 Å². The van der Waals surface area contributed by atoms with Gasteiger partial charge in [-0.05, 0) is 42.0 Å². The van der Waals surface area contributed by atoms with Gasteiger partial charge in [-0.2, -0.15) is 4.31 Å². The standard InChI is InChI=1S/C23H24N2O4S2/c1-17-6-10-22(30-17)21(26)9-11-23(27)24-12-14-25(15-13-24)31(28,29)20-8-7-18-4-2-3-5-19(18)16-20/h2-8,10,16H,9,11-15H2,1H3. The number of thiophene rings is 1. The molecule has 0 N–H and O–H groups in total. The van der Waals surface area contributed by atoms with E-state index in [1.165, 1.54) is 15.6 Å². The first-order valence-corrected chi connectivity index (χ1v) is 12.5. The number of hydrogen-bond donors (Lipinski definition) is 0. The number of Topliss-reactive ketones (excluding diaryl/α,β-unsaturated/α-hetero) is 1. The highest BCUT2D eigenvalue weighted by Gasteiger charge is 2.30. The van der Waals surface area contributed by atoms with Gasteiger partial charge in [0.2, 0.25) is 15.9 Å². The number of benzene rings is 2. The Labute approximate surface area is 186 Å². The first kappa shape index (κ1) is 21.7. The van der Waals surface area contributed by atoms with E-state index in [1.807, 2.05) is 43.3 Å². The van der Waals surface area contributed by atoms with E-state index in [2.05, 4.69) is 0 Å². The Morgan fingerprint density at radius 1 is 0.903 bits per heavy atom. The number of carbonyl (C=O) groups is 2. The second-order valence-electron chi connectivity index (χ2n) is 7.63. The summed E-state index contributed by atoms with van der Waals surface area (Å²) in [6.45, 7) is 3.10. The van der Waals surface area contributed by atoms with Gasteiger partial charge in [0.1, 0.15) is 0 Å². The maximum atomic E-state index is 13.1. The van der Waals surface area contributed by atoms with E-state index in [0.29, 0.717) is 18.0 Å². The van der Waals surface area contributed by atoms with Crippen LogP contribution in [0.25, 0.3) is 10.8 Å². The molecule has 1 aliphatic rings. The largest absolute Gasteiger partial charge is 0.340 e. The molecule has 1 amide bonds. The van der Waals surface area contributed by atoms with Crippen LogP contribution in [0.4, 0.5) is 0 Å². The van der Waals surface area contributed by atoms with Gasteiger partial charge in [-0.1, -0.05) is 30.3 Å². The second kappa shape index (κ2) is 8.90. The summed E-state index contributed by atoms with van der Waals surface area (Å²) < 4.78 is 27.6. The molecule has 4 rings (SSSR count). The second-order valence-corrected chi connectivity index (χ2v) is 10.9. The molecule has 2 aromatic carbocycles. The zero-order valence-corrected chi connectivity index (χ0v) is 18.9. The van der Waals surface area contributed by atoms with Gasteiger partial charge in [0.05, 0.1) is 9.77 Å². The number of aryl methyl sites for hydroxylation is 1. The van der Waals surface area contributed by atoms with Crippen molar-refractivity contribution in [2.45, 2.75) is 24.7 Å². The highest BCUT2D eigenvalue weighted by atomic mass is 32.2. The number of piperazine rings is 1. The van der Waals surface area contributed by atoms with Gasteiger partial charge in [0, 0.05) is 43.9 Å². The molecule has 0 unspecified atom stereocenters. The fourth-order valence-electron chi connectivity index (χ4n) is 3.74. The lowest BCUT2D eigenvalue weighted by Gasteiger charge is -2.34. The number of rotatable bonds is 6. The van der Waals surface area contributed by atoms with Gasteiger partial charge in [0.15, 0.2) is 5.78 Å². The maximum Gasteiger partial charge on any atom is 0.243 e. The Bertz CT molecular complexity index is 1230. The lowest BCUT2D eigenvalue weighted by molar-refractivity contribution is -0.132. The Morgan fingerprint density at radius 2 is 1.61 bits per heavy atom. The minimum atomic E-state index is -3.62. The monoisotopic (exact) mass is 456 g/mol. The van der Waals surface area contributed by atoms with Crippen LogP contribution in [0, 0.1) is 6.92 Å². The number of sulfonamides is 1. The molecule has 1 fully saturated rings. The molecule has 0 aliphatic carbocycles. The van der Waals surface area contributed by atoms with E-state index in [4.69, 9.17) is 0 Å². The molecule has 6 nitrogen and oxygen atoms in total. The van der Waals surface area contributed by atoms with Crippen LogP contribution in [0.15, 0.2) is 59.5 Å². The summed E-state index contributed by atoms with van der Waals surface area (Å²) in [6, 6.07) is 16.5. The predicted molar refractivity (Wildman–Crippen MR) is 122 cm³/mol. The third-order valence-electron chi connectivity index (χ3n) is 5.53. The third kappa shape index (κ3) is 4.71. The number of fused-ring (bicyclic) bond motifs is 1. The Kier molecular flexibility index (Phi) is 6.22. The van der Waals surface area contributed by atoms with Gasteiger partial charge >= 0.3 is 0 Å².